The monoisotopic (exact) mass is 371 g/mol. The van der Waals surface area contributed by atoms with Gasteiger partial charge in [0.1, 0.15) is 0 Å². The third kappa shape index (κ3) is 3.25. The van der Waals surface area contributed by atoms with Gasteiger partial charge < -0.3 is 20.3 Å². The topological polar surface area (TPSA) is 83.4 Å². The van der Waals surface area contributed by atoms with Crippen molar-refractivity contribution in [2.75, 3.05) is 6.61 Å². The quantitative estimate of drug-likeness (QED) is 0.750. The van der Waals surface area contributed by atoms with E-state index in [0.717, 1.165) is 31.4 Å². The molecule has 1 saturated carbocycles. The summed E-state index contributed by atoms with van der Waals surface area (Å²) in [6.07, 6.45) is 9.31. The van der Waals surface area contributed by atoms with Crippen molar-refractivity contribution in [1.82, 2.24) is 15.2 Å². The molecule has 146 valence electrons. The summed E-state index contributed by atoms with van der Waals surface area (Å²) in [5.41, 5.74) is 1.49. The van der Waals surface area contributed by atoms with Crippen molar-refractivity contribution in [3.05, 3.63) is 39.8 Å². The lowest BCUT2D eigenvalue weighted by atomic mass is 9.85. The predicted octanol–water partition coefficient (Wildman–Crippen LogP) is 1.58. The molecule has 6 heteroatoms. The van der Waals surface area contributed by atoms with E-state index in [2.05, 4.69) is 10.6 Å². The second kappa shape index (κ2) is 7.60. The van der Waals surface area contributed by atoms with Crippen LogP contribution < -0.4 is 16.2 Å². The number of fused-ring (bicyclic) bond motifs is 4. The van der Waals surface area contributed by atoms with Crippen LogP contribution in [0.3, 0.4) is 0 Å². The highest BCUT2D eigenvalue weighted by Crippen LogP contribution is 2.41. The standard InChI is InChI=1S/C21H29N3O3/c1-2-6-13-9-10-17-19-18(20(26)22-14-7-4-3-5-8-14)15(12-25)16(23-19)11-24(17)21(13)27/h2,6,9-10,14-16,18-19,23,25H,3-5,7-8,11-12H2,1H3,(H,22,26)/b6-2+/t15-,16-,18+,19+/m1/s1. The average Bonchev–Trinajstić information content (AvgIpc) is 2.98. The first-order valence-electron chi connectivity index (χ1n) is 10.2. The van der Waals surface area contributed by atoms with Gasteiger partial charge in [-0.2, -0.15) is 0 Å². The number of carbonyl (C=O) groups is 1. The first-order valence-corrected chi connectivity index (χ1v) is 10.2. The molecule has 3 heterocycles. The largest absolute Gasteiger partial charge is 0.396 e. The van der Waals surface area contributed by atoms with Crippen molar-refractivity contribution in [2.45, 2.75) is 63.7 Å². The number of hydrogen-bond donors (Lipinski definition) is 3. The van der Waals surface area contributed by atoms with Crippen LogP contribution in [0.25, 0.3) is 6.08 Å². The van der Waals surface area contributed by atoms with Crippen molar-refractivity contribution in [3.8, 4) is 0 Å². The minimum atomic E-state index is -0.345. The van der Waals surface area contributed by atoms with Gasteiger partial charge in [-0.1, -0.05) is 31.4 Å². The van der Waals surface area contributed by atoms with Gasteiger partial charge in [0, 0.05) is 42.4 Å². The summed E-state index contributed by atoms with van der Waals surface area (Å²) in [5.74, 6) is -0.509. The summed E-state index contributed by atoms with van der Waals surface area (Å²) in [4.78, 5) is 26.0. The number of nitrogens with zero attached hydrogens (tertiary/aromatic N) is 1. The van der Waals surface area contributed by atoms with Crippen LogP contribution in [0, 0.1) is 11.8 Å². The van der Waals surface area contributed by atoms with E-state index in [1.54, 1.807) is 4.57 Å². The third-order valence-electron chi connectivity index (χ3n) is 6.48. The lowest BCUT2D eigenvalue weighted by Gasteiger charge is -2.29. The molecule has 1 saturated heterocycles. The molecule has 0 aromatic carbocycles. The van der Waals surface area contributed by atoms with Gasteiger partial charge in [0.25, 0.3) is 5.56 Å². The highest BCUT2D eigenvalue weighted by atomic mass is 16.3. The van der Waals surface area contributed by atoms with Crippen LogP contribution >= 0.6 is 0 Å². The lowest BCUT2D eigenvalue weighted by Crippen LogP contribution is -2.44. The van der Waals surface area contributed by atoms with Gasteiger partial charge >= 0.3 is 0 Å². The summed E-state index contributed by atoms with van der Waals surface area (Å²) < 4.78 is 1.79. The van der Waals surface area contributed by atoms with Gasteiger partial charge in [-0.15, -0.1) is 0 Å². The third-order valence-corrected chi connectivity index (χ3v) is 6.48. The number of pyridine rings is 1. The van der Waals surface area contributed by atoms with E-state index >= 15 is 0 Å². The number of rotatable bonds is 4. The number of aliphatic hydroxyl groups is 1. The number of aromatic nitrogens is 1. The summed E-state index contributed by atoms with van der Waals surface area (Å²) in [6.45, 7) is 2.33. The minimum absolute atomic E-state index is 0.0133. The van der Waals surface area contributed by atoms with Gasteiger partial charge in [0.05, 0.1) is 12.0 Å². The normalized spacial score (nSPS) is 30.4. The van der Waals surface area contributed by atoms with Crippen LogP contribution in [0.4, 0.5) is 0 Å². The molecule has 0 spiro atoms. The van der Waals surface area contributed by atoms with Crippen molar-refractivity contribution in [3.63, 3.8) is 0 Å². The zero-order valence-corrected chi connectivity index (χ0v) is 15.9. The predicted molar refractivity (Wildman–Crippen MR) is 104 cm³/mol. The Bertz CT molecular complexity index is 794. The first-order chi connectivity index (χ1) is 13.1. The molecule has 6 nitrogen and oxygen atoms in total. The van der Waals surface area contributed by atoms with Crippen molar-refractivity contribution >= 4 is 12.0 Å². The Kier molecular flexibility index (Phi) is 5.19. The number of aliphatic hydroxyl groups excluding tert-OH is 1. The number of nitrogens with one attached hydrogen (secondary N) is 2. The average molecular weight is 371 g/mol. The lowest BCUT2D eigenvalue weighted by molar-refractivity contribution is -0.128. The van der Waals surface area contributed by atoms with Crippen LogP contribution in [-0.2, 0) is 11.3 Å². The van der Waals surface area contributed by atoms with Gasteiger partial charge in [-0.3, -0.25) is 9.59 Å². The zero-order chi connectivity index (χ0) is 19.0. The molecular weight excluding hydrogens is 342 g/mol. The van der Waals surface area contributed by atoms with E-state index in [-0.39, 0.29) is 48.0 Å². The molecule has 2 aliphatic heterocycles. The highest BCUT2D eigenvalue weighted by molar-refractivity contribution is 5.81. The van der Waals surface area contributed by atoms with Crippen LogP contribution in [-0.4, -0.2) is 34.3 Å². The van der Waals surface area contributed by atoms with E-state index < -0.39 is 0 Å². The molecule has 1 amide bonds. The minimum Gasteiger partial charge on any atom is -0.396 e. The van der Waals surface area contributed by atoms with Crippen LogP contribution in [0.5, 0.6) is 0 Å². The van der Waals surface area contributed by atoms with Crippen LogP contribution in [0.1, 0.15) is 56.3 Å². The molecule has 1 aromatic rings. The number of allylic oxidation sites excluding steroid dienone is 1. The Morgan fingerprint density at radius 3 is 2.81 bits per heavy atom. The Balaban J connectivity index is 1.64. The van der Waals surface area contributed by atoms with E-state index in [1.165, 1.54) is 6.42 Å². The van der Waals surface area contributed by atoms with Crippen LogP contribution in [0.15, 0.2) is 23.0 Å². The zero-order valence-electron chi connectivity index (χ0n) is 15.9. The first kappa shape index (κ1) is 18.4. The Labute approximate surface area is 159 Å². The fourth-order valence-corrected chi connectivity index (χ4v) is 5.12. The van der Waals surface area contributed by atoms with E-state index in [0.29, 0.717) is 12.1 Å². The maximum Gasteiger partial charge on any atom is 0.258 e. The molecule has 4 atom stereocenters. The summed E-state index contributed by atoms with van der Waals surface area (Å²) in [6, 6.07) is 3.74. The second-order valence-corrected chi connectivity index (χ2v) is 8.10. The molecule has 1 aromatic heterocycles. The smallest absolute Gasteiger partial charge is 0.258 e. The Morgan fingerprint density at radius 1 is 1.33 bits per heavy atom. The number of amides is 1. The Hall–Kier alpha value is -1.92. The van der Waals surface area contributed by atoms with Crippen molar-refractivity contribution < 1.29 is 9.90 Å². The highest BCUT2D eigenvalue weighted by Gasteiger charge is 2.51. The fraction of sp³-hybridized carbons (Fsp3) is 0.619. The Morgan fingerprint density at radius 2 is 2.11 bits per heavy atom. The number of hydrogen-bond acceptors (Lipinski definition) is 4. The molecule has 3 aliphatic rings. The molecule has 2 fully saturated rings. The molecule has 0 unspecified atom stereocenters. The van der Waals surface area contributed by atoms with Gasteiger partial charge in [0.2, 0.25) is 5.91 Å². The summed E-state index contributed by atoms with van der Waals surface area (Å²) in [5, 5.41) is 16.7. The molecular formula is C21H29N3O3. The van der Waals surface area contributed by atoms with E-state index in [1.807, 2.05) is 31.2 Å². The van der Waals surface area contributed by atoms with E-state index in [4.69, 9.17) is 0 Å². The maximum absolute atomic E-state index is 13.1. The second-order valence-electron chi connectivity index (χ2n) is 8.10. The summed E-state index contributed by atoms with van der Waals surface area (Å²) >= 11 is 0. The summed E-state index contributed by atoms with van der Waals surface area (Å²) in [7, 11) is 0. The van der Waals surface area contributed by atoms with Gasteiger partial charge in [0.15, 0.2) is 0 Å². The van der Waals surface area contributed by atoms with Gasteiger partial charge in [-0.05, 0) is 31.9 Å². The van der Waals surface area contributed by atoms with Crippen molar-refractivity contribution in [1.29, 1.82) is 0 Å². The maximum atomic E-state index is 13.1. The molecule has 27 heavy (non-hydrogen) atoms. The van der Waals surface area contributed by atoms with Crippen LogP contribution in [0.2, 0.25) is 0 Å². The molecule has 4 rings (SSSR count). The van der Waals surface area contributed by atoms with Gasteiger partial charge in [-0.25, -0.2) is 0 Å². The van der Waals surface area contributed by atoms with Crippen molar-refractivity contribution in [2.24, 2.45) is 11.8 Å². The SMILES string of the molecule is C/C=C/c1ccc2n(c1=O)C[C@H]1N[C@@H]2[C@@H](C(=O)NC2CCCCC2)[C@@H]1CO. The van der Waals surface area contributed by atoms with E-state index in [9.17, 15) is 14.7 Å². The molecule has 0 radical (unpaired) electrons. The fourth-order valence-electron chi connectivity index (χ4n) is 5.12. The molecule has 2 bridgehead atoms. The molecule has 1 aliphatic carbocycles. The number of carbonyl (C=O) groups excluding carboxylic acids is 1. The molecule has 3 N–H and O–H groups in total.